The second-order valence-electron chi connectivity index (χ2n) is 9.80. The second kappa shape index (κ2) is 9.70. The van der Waals surface area contributed by atoms with Gasteiger partial charge in [-0.2, -0.15) is 13.2 Å². The van der Waals surface area contributed by atoms with Crippen molar-refractivity contribution in [3.05, 3.63) is 77.1 Å². The lowest BCUT2D eigenvalue weighted by atomic mass is 9.94. The molecule has 0 bridgehead atoms. The molecular formula is C28H31F3N6. The molecule has 5 rings (SSSR count). The van der Waals surface area contributed by atoms with Crippen LogP contribution in [-0.4, -0.2) is 30.6 Å². The standard InChI is InChI=1S/C28H31F3N6/c1-17-6-11-23-25(26(32)36-17)22(15-24(37-23)27(33-2)12-13-27)18-7-9-20(10-8-18)34-16-35-21-5-3-4-19(14-21)28(29,30)31/h3-5,7-10,14-15,17,33-35H,6,11-13,16H2,1-2H3,(H2,32,36). The zero-order chi connectivity index (χ0) is 26.2. The van der Waals surface area contributed by atoms with Crippen LogP contribution in [0.5, 0.6) is 0 Å². The average molecular weight is 509 g/mol. The third-order valence-corrected chi connectivity index (χ3v) is 7.20. The van der Waals surface area contributed by atoms with E-state index in [1.807, 2.05) is 31.3 Å². The van der Waals surface area contributed by atoms with Crippen LogP contribution in [-0.2, 0) is 18.1 Å². The van der Waals surface area contributed by atoms with Gasteiger partial charge in [0.1, 0.15) is 5.84 Å². The van der Waals surface area contributed by atoms with Gasteiger partial charge in [-0.1, -0.05) is 18.2 Å². The molecule has 37 heavy (non-hydrogen) atoms. The van der Waals surface area contributed by atoms with Crippen LogP contribution < -0.4 is 21.7 Å². The maximum Gasteiger partial charge on any atom is 0.416 e. The zero-order valence-electron chi connectivity index (χ0n) is 20.9. The molecule has 9 heteroatoms. The smallest absolute Gasteiger partial charge is 0.383 e. The van der Waals surface area contributed by atoms with Crippen molar-refractivity contribution in [1.82, 2.24) is 10.3 Å². The zero-order valence-corrected chi connectivity index (χ0v) is 20.9. The number of nitrogens with one attached hydrogen (secondary N) is 3. The van der Waals surface area contributed by atoms with Crippen molar-refractivity contribution in [2.24, 2.45) is 10.7 Å². The number of halogens is 3. The van der Waals surface area contributed by atoms with E-state index in [4.69, 9.17) is 10.7 Å². The summed E-state index contributed by atoms with van der Waals surface area (Å²) in [6.45, 7) is 2.35. The van der Waals surface area contributed by atoms with Gasteiger partial charge in [0.2, 0.25) is 0 Å². The molecule has 2 heterocycles. The lowest BCUT2D eigenvalue weighted by Crippen LogP contribution is -2.27. The minimum Gasteiger partial charge on any atom is -0.383 e. The number of nitrogens with zero attached hydrogens (tertiary/aromatic N) is 2. The fraction of sp³-hybridized carbons (Fsp3) is 0.357. The van der Waals surface area contributed by atoms with Crippen molar-refractivity contribution in [3.63, 3.8) is 0 Å². The maximum atomic E-state index is 13.0. The second-order valence-corrected chi connectivity index (χ2v) is 9.80. The number of alkyl halides is 3. The molecule has 0 spiro atoms. The predicted octanol–water partition coefficient (Wildman–Crippen LogP) is 5.50. The van der Waals surface area contributed by atoms with Gasteiger partial charge in [0.15, 0.2) is 0 Å². The van der Waals surface area contributed by atoms with Crippen molar-refractivity contribution in [2.45, 2.75) is 50.4 Å². The van der Waals surface area contributed by atoms with Gasteiger partial charge in [-0.05, 0) is 87.2 Å². The minimum absolute atomic E-state index is 0.0792. The monoisotopic (exact) mass is 508 g/mol. The van der Waals surface area contributed by atoms with Crippen molar-refractivity contribution in [3.8, 4) is 11.1 Å². The van der Waals surface area contributed by atoms with Gasteiger partial charge in [0.25, 0.3) is 0 Å². The number of anilines is 2. The molecule has 5 N–H and O–H groups in total. The highest BCUT2D eigenvalue weighted by Crippen LogP contribution is 2.46. The normalized spacial score (nSPS) is 18.4. The summed E-state index contributed by atoms with van der Waals surface area (Å²) in [4.78, 5) is 9.73. The fourth-order valence-corrected chi connectivity index (χ4v) is 4.83. The largest absolute Gasteiger partial charge is 0.416 e. The summed E-state index contributed by atoms with van der Waals surface area (Å²) in [5, 5.41) is 9.64. The van der Waals surface area contributed by atoms with Crippen LogP contribution in [0.1, 0.15) is 48.7 Å². The Labute approximate surface area is 214 Å². The molecule has 6 nitrogen and oxygen atoms in total. The average Bonchev–Trinajstić information content (AvgIpc) is 3.69. The molecule has 1 saturated carbocycles. The predicted molar refractivity (Wildman–Crippen MR) is 142 cm³/mol. The van der Waals surface area contributed by atoms with E-state index in [2.05, 4.69) is 33.9 Å². The Morgan fingerprint density at radius 2 is 1.76 bits per heavy atom. The number of aryl methyl sites for hydroxylation is 1. The first kappa shape index (κ1) is 25.1. The molecule has 1 aliphatic heterocycles. The summed E-state index contributed by atoms with van der Waals surface area (Å²) in [6.07, 6.45) is -0.544. The lowest BCUT2D eigenvalue weighted by molar-refractivity contribution is -0.137. The lowest BCUT2D eigenvalue weighted by Gasteiger charge is -2.20. The third-order valence-electron chi connectivity index (χ3n) is 7.20. The van der Waals surface area contributed by atoms with E-state index in [1.54, 1.807) is 6.07 Å². The number of fused-ring (bicyclic) bond motifs is 1. The summed E-state index contributed by atoms with van der Waals surface area (Å²) in [7, 11) is 1.98. The molecule has 194 valence electrons. The van der Waals surface area contributed by atoms with E-state index in [0.29, 0.717) is 11.5 Å². The summed E-state index contributed by atoms with van der Waals surface area (Å²) >= 11 is 0. The van der Waals surface area contributed by atoms with Crippen molar-refractivity contribution in [2.75, 3.05) is 24.3 Å². The van der Waals surface area contributed by atoms with Crippen molar-refractivity contribution < 1.29 is 13.2 Å². The number of nitrogens with two attached hydrogens (primary N) is 1. The quantitative estimate of drug-likeness (QED) is 0.317. The van der Waals surface area contributed by atoms with Gasteiger partial charge < -0.3 is 21.7 Å². The highest BCUT2D eigenvalue weighted by Gasteiger charge is 2.45. The first-order valence-corrected chi connectivity index (χ1v) is 12.5. The van der Waals surface area contributed by atoms with Gasteiger partial charge in [-0.3, -0.25) is 9.98 Å². The van der Waals surface area contributed by atoms with Crippen LogP contribution in [0.15, 0.2) is 59.6 Å². The molecule has 0 amide bonds. The molecule has 1 fully saturated rings. The molecule has 3 aromatic rings. The van der Waals surface area contributed by atoms with E-state index in [-0.39, 0.29) is 18.2 Å². The van der Waals surface area contributed by atoms with Gasteiger partial charge in [-0.15, -0.1) is 0 Å². The molecule has 1 atom stereocenters. The molecule has 2 aromatic carbocycles. The Kier molecular flexibility index (Phi) is 6.58. The molecule has 2 aliphatic rings. The highest BCUT2D eigenvalue weighted by atomic mass is 19.4. The molecule has 0 saturated heterocycles. The van der Waals surface area contributed by atoms with E-state index in [1.165, 1.54) is 6.07 Å². The number of hydrogen-bond acceptors (Lipinski definition) is 6. The molecule has 0 radical (unpaired) electrons. The Morgan fingerprint density at radius 3 is 2.43 bits per heavy atom. The number of aliphatic imine (C=N–C) groups is 1. The van der Waals surface area contributed by atoms with Gasteiger partial charge >= 0.3 is 6.18 Å². The Morgan fingerprint density at radius 1 is 1.03 bits per heavy atom. The third kappa shape index (κ3) is 5.27. The SMILES string of the molecule is CNC1(c2cc(-c3ccc(NCNc4cccc(C(F)(F)F)c4)cc3)c3c(n2)CCC(C)N=C3N)CC1. The number of benzene rings is 2. The first-order chi connectivity index (χ1) is 17.7. The number of rotatable bonds is 7. The van der Waals surface area contributed by atoms with Crippen LogP contribution in [0.2, 0.25) is 0 Å². The Balaban J connectivity index is 1.37. The number of pyridine rings is 1. The Hall–Kier alpha value is -3.59. The van der Waals surface area contributed by atoms with E-state index in [9.17, 15) is 13.2 Å². The summed E-state index contributed by atoms with van der Waals surface area (Å²) < 4.78 is 38.9. The molecule has 1 aliphatic carbocycles. The summed E-state index contributed by atoms with van der Waals surface area (Å²) in [5.41, 5.74) is 11.9. The highest BCUT2D eigenvalue weighted by molar-refractivity contribution is 6.05. The van der Waals surface area contributed by atoms with Crippen molar-refractivity contribution >= 4 is 17.2 Å². The van der Waals surface area contributed by atoms with E-state index < -0.39 is 11.7 Å². The minimum atomic E-state index is -4.37. The molecule has 1 aromatic heterocycles. The van der Waals surface area contributed by atoms with Crippen molar-refractivity contribution in [1.29, 1.82) is 0 Å². The first-order valence-electron chi connectivity index (χ1n) is 12.5. The van der Waals surface area contributed by atoms with Gasteiger partial charge in [0.05, 0.1) is 29.2 Å². The molecular weight excluding hydrogens is 477 g/mol. The number of aromatic nitrogens is 1. The van der Waals surface area contributed by atoms with Crippen LogP contribution in [0.4, 0.5) is 24.5 Å². The van der Waals surface area contributed by atoms with E-state index in [0.717, 1.165) is 71.6 Å². The number of amidine groups is 1. The summed E-state index contributed by atoms with van der Waals surface area (Å²) in [6, 6.07) is 15.4. The van der Waals surface area contributed by atoms with Gasteiger partial charge in [-0.25, -0.2) is 0 Å². The van der Waals surface area contributed by atoms with Crippen LogP contribution in [0.25, 0.3) is 11.1 Å². The summed E-state index contributed by atoms with van der Waals surface area (Å²) in [5.74, 6) is 0.524. The van der Waals surface area contributed by atoms with Crippen LogP contribution in [0, 0.1) is 0 Å². The van der Waals surface area contributed by atoms with E-state index >= 15 is 0 Å². The van der Waals surface area contributed by atoms with Crippen LogP contribution >= 0.6 is 0 Å². The topological polar surface area (TPSA) is 87.4 Å². The Bertz CT molecular complexity index is 1310. The maximum absolute atomic E-state index is 13.0. The van der Waals surface area contributed by atoms with Crippen LogP contribution in [0.3, 0.4) is 0 Å². The molecule has 1 unspecified atom stereocenters. The fourth-order valence-electron chi connectivity index (χ4n) is 4.83. The van der Waals surface area contributed by atoms with Gasteiger partial charge in [0, 0.05) is 23.0 Å². The number of hydrogen-bond donors (Lipinski definition) is 4.